The molecule has 0 unspecified atom stereocenters. The first kappa shape index (κ1) is 27.7. The topological polar surface area (TPSA) is 42.8 Å². The predicted molar refractivity (Wildman–Crippen MR) is 170 cm³/mol. The average molecular weight is 604 g/mol. The van der Waals surface area contributed by atoms with E-state index in [0.29, 0.717) is 45.0 Å². The third-order valence-electron chi connectivity index (χ3n) is 7.61. The van der Waals surface area contributed by atoms with Crippen molar-refractivity contribution < 1.29 is 9.47 Å². The second-order valence-electron chi connectivity index (χ2n) is 10.2. The SMILES string of the molecule is CCOc1cc(C=Nc2ccc([C@@H]3Nc4ccccc4[C@H]4C=CC[C@@H]43)cc2)cc(Cl)c1OCc1ccc(Cl)cc1Cl. The molecular formula is C34H29Cl3N2O2. The monoisotopic (exact) mass is 602 g/mol. The Bertz CT molecular complexity index is 1620. The molecule has 1 heterocycles. The molecule has 3 atom stereocenters. The van der Waals surface area contributed by atoms with E-state index in [4.69, 9.17) is 49.3 Å². The summed E-state index contributed by atoms with van der Waals surface area (Å²) in [5, 5.41) is 5.32. The zero-order chi connectivity index (χ0) is 28.3. The Hall–Kier alpha value is -3.44. The highest BCUT2D eigenvalue weighted by Crippen LogP contribution is 2.49. The molecule has 4 aromatic carbocycles. The number of nitrogens with one attached hydrogen (secondary N) is 1. The van der Waals surface area contributed by atoms with E-state index in [1.807, 2.05) is 25.1 Å². The van der Waals surface area contributed by atoms with Gasteiger partial charge in [0, 0.05) is 33.4 Å². The van der Waals surface area contributed by atoms with E-state index in [2.05, 4.69) is 66.0 Å². The van der Waals surface area contributed by atoms with Gasteiger partial charge < -0.3 is 14.8 Å². The van der Waals surface area contributed by atoms with Gasteiger partial charge in [-0.15, -0.1) is 0 Å². The van der Waals surface area contributed by atoms with Gasteiger partial charge in [-0.1, -0.05) is 83.4 Å². The van der Waals surface area contributed by atoms with Crippen LogP contribution in [0, 0.1) is 5.92 Å². The van der Waals surface area contributed by atoms with E-state index in [9.17, 15) is 0 Å². The van der Waals surface area contributed by atoms with Crippen molar-refractivity contribution in [3.05, 3.63) is 128 Å². The number of halogens is 3. The number of ether oxygens (including phenoxy) is 2. The molecule has 0 aromatic heterocycles. The van der Waals surface area contributed by atoms with Gasteiger partial charge in [-0.3, -0.25) is 4.99 Å². The summed E-state index contributed by atoms with van der Waals surface area (Å²) in [5.74, 6) is 1.97. The fourth-order valence-electron chi connectivity index (χ4n) is 5.64. The Morgan fingerprint density at radius 1 is 0.927 bits per heavy atom. The van der Waals surface area contributed by atoms with Crippen LogP contribution in [0.3, 0.4) is 0 Å². The quantitative estimate of drug-likeness (QED) is 0.161. The third kappa shape index (κ3) is 5.97. The molecule has 4 nitrogen and oxygen atoms in total. The molecule has 6 rings (SSSR count). The van der Waals surface area contributed by atoms with Crippen molar-refractivity contribution in [3.8, 4) is 11.5 Å². The van der Waals surface area contributed by atoms with Gasteiger partial charge in [0.2, 0.25) is 0 Å². The molecule has 1 aliphatic carbocycles. The Balaban J connectivity index is 1.18. The number of benzene rings is 4. The van der Waals surface area contributed by atoms with Crippen LogP contribution < -0.4 is 14.8 Å². The molecule has 0 bridgehead atoms. The summed E-state index contributed by atoms with van der Waals surface area (Å²) in [5.41, 5.74) is 6.34. The molecule has 0 saturated heterocycles. The van der Waals surface area contributed by atoms with Crippen LogP contribution in [0.15, 0.2) is 96.0 Å². The molecule has 1 N–H and O–H groups in total. The highest BCUT2D eigenvalue weighted by atomic mass is 35.5. The lowest BCUT2D eigenvalue weighted by molar-refractivity contribution is 0.269. The van der Waals surface area contributed by atoms with Crippen LogP contribution in [0.4, 0.5) is 11.4 Å². The van der Waals surface area contributed by atoms with Gasteiger partial charge in [0.05, 0.1) is 23.4 Å². The van der Waals surface area contributed by atoms with Crippen molar-refractivity contribution in [2.45, 2.75) is 31.9 Å². The van der Waals surface area contributed by atoms with Crippen LogP contribution in [0.2, 0.25) is 15.1 Å². The van der Waals surface area contributed by atoms with Gasteiger partial charge in [0.1, 0.15) is 6.61 Å². The zero-order valence-corrected chi connectivity index (χ0v) is 24.8. The normalized spacial score (nSPS) is 19.1. The molecule has 0 fully saturated rings. The van der Waals surface area contributed by atoms with Gasteiger partial charge in [0.25, 0.3) is 0 Å². The minimum absolute atomic E-state index is 0.231. The number of fused-ring (bicyclic) bond motifs is 3. The zero-order valence-electron chi connectivity index (χ0n) is 22.5. The fraction of sp³-hybridized carbons (Fsp3) is 0.206. The highest BCUT2D eigenvalue weighted by Gasteiger charge is 2.37. The summed E-state index contributed by atoms with van der Waals surface area (Å²) in [6, 6.07) is 26.3. The second-order valence-corrected chi connectivity index (χ2v) is 11.5. The van der Waals surface area contributed by atoms with Gasteiger partial charge in [-0.05, 0) is 78.4 Å². The Morgan fingerprint density at radius 3 is 2.56 bits per heavy atom. The standard InChI is InChI=1S/C34H29Cl3N2O2/c1-2-40-32-17-21(16-30(37)34(32)41-20-23-10-13-24(35)18-29(23)36)19-38-25-14-11-22(12-15-25)33-28-8-5-7-26(28)27-6-3-4-9-31(27)39-33/h3-7,9-19,26,28,33,39H,2,8,20H2,1H3/t26-,28+,33+/m1/s1. The van der Waals surface area contributed by atoms with Gasteiger partial charge in [0.15, 0.2) is 11.5 Å². The van der Waals surface area contributed by atoms with E-state index in [-0.39, 0.29) is 12.6 Å². The lowest BCUT2D eigenvalue weighted by atomic mass is 9.77. The van der Waals surface area contributed by atoms with Crippen molar-refractivity contribution in [2.24, 2.45) is 10.9 Å². The molecular weight excluding hydrogens is 575 g/mol. The first-order chi connectivity index (χ1) is 20.0. The maximum atomic E-state index is 6.64. The Kier molecular flexibility index (Phi) is 8.25. The van der Waals surface area contributed by atoms with Crippen molar-refractivity contribution in [1.82, 2.24) is 0 Å². The summed E-state index contributed by atoms with van der Waals surface area (Å²) in [4.78, 5) is 4.71. The average Bonchev–Trinajstić information content (AvgIpc) is 3.47. The molecule has 4 aromatic rings. The lowest BCUT2D eigenvalue weighted by Gasteiger charge is -2.37. The summed E-state index contributed by atoms with van der Waals surface area (Å²) >= 11 is 19.0. The first-order valence-corrected chi connectivity index (χ1v) is 14.8. The summed E-state index contributed by atoms with van der Waals surface area (Å²) < 4.78 is 11.9. The fourth-order valence-corrected chi connectivity index (χ4v) is 6.38. The Morgan fingerprint density at radius 2 is 1.76 bits per heavy atom. The number of allylic oxidation sites excluding steroid dienone is 2. The molecule has 0 spiro atoms. The van der Waals surface area contributed by atoms with Gasteiger partial charge in [-0.25, -0.2) is 0 Å². The minimum atomic E-state index is 0.231. The maximum absolute atomic E-state index is 6.64. The Labute approximate surface area is 255 Å². The smallest absolute Gasteiger partial charge is 0.180 e. The van der Waals surface area contributed by atoms with Crippen molar-refractivity contribution in [3.63, 3.8) is 0 Å². The molecule has 7 heteroatoms. The van der Waals surface area contributed by atoms with Crippen LogP contribution in [0.5, 0.6) is 11.5 Å². The number of anilines is 1. The summed E-state index contributed by atoms with van der Waals surface area (Å²) in [6.45, 7) is 2.61. The summed E-state index contributed by atoms with van der Waals surface area (Å²) in [7, 11) is 0. The minimum Gasteiger partial charge on any atom is -0.490 e. The largest absolute Gasteiger partial charge is 0.490 e. The van der Waals surface area contributed by atoms with Crippen molar-refractivity contribution >= 4 is 52.4 Å². The van der Waals surface area contributed by atoms with Crippen LogP contribution in [0.1, 0.15) is 47.6 Å². The van der Waals surface area contributed by atoms with E-state index in [1.54, 1.807) is 18.3 Å². The van der Waals surface area contributed by atoms with E-state index in [1.165, 1.54) is 16.8 Å². The molecule has 0 saturated carbocycles. The van der Waals surface area contributed by atoms with Crippen LogP contribution in [-0.4, -0.2) is 12.8 Å². The van der Waals surface area contributed by atoms with Crippen LogP contribution >= 0.6 is 34.8 Å². The molecule has 0 amide bonds. The van der Waals surface area contributed by atoms with Crippen molar-refractivity contribution in [1.29, 1.82) is 0 Å². The lowest BCUT2D eigenvalue weighted by Crippen LogP contribution is -2.28. The van der Waals surface area contributed by atoms with Crippen LogP contribution in [0.25, 0.3) is 0 Å². The number of para-hydroxylation sites is 1. The highest BCUT2D eigenvalue weighted by molar-refractivity contribution is 6.35. The molecule has 1 aliphatic heterocycles. The molecule has 2 aliphatic rings. The second kappa shape index (κ2) is 12.2. The predicted octanol–water partition coefficient (Wildman–Crippen LogP) is 10.2. The van der Waals surface area contributed by atoms with E-state index in [0.717, 1.165) is 23.2 Å². The molecule has 208 valence electrons. The number of hydrogen-bond acceptors (Lipinski definition) is 4. The van der Waals surface area contributed by atoms with E-state index >= 15 is 0 Å². The van der Waals surface area contributed by atoms with E-state index < -0.39 is 0 Å². The number of nitrogens with zero attached hydrogens (tertiary/aromatic N) is 1. The number of hydrogen-bond donors (Lipinski definition) is 1. The van der Waals surface area contributed by atoms with Gasteiger partial charge in [-0.2, -0.15) is 0 Å². The molecule has 41 heavy (non-hydrogen) atoms. The maximum Gasteiger partial charge on any atom is 0.180 e. The van der Waals surface area contributed by atoms with Gasteiger partial charge >= 0.3 is 0 Å². The number of rotatable bonds is 8. The van der Waals surface area contributed by atoms with Crippen molar-refractivity contribution in [2.75, 3.05) is 11.9 Å². The first-order valence-electron chi connectivity index (χ1n) is 13.7. The molecule has 0 radical (unpaired) electrons. The number of aliphatic imine (C=N–C) groups is 1. The summed E-state index contributed by atoms with van der Waals surface area (Å²) in [6.07, 6.45) is 7.54. The van der Waals surface area contributed by atoms with Crippen LogP contribution in [-0.2, 0) is 6.61 Å². The third-order valence-corrected chi connectivity index (χ3v) is 8.47.